The molecule has 0 saturated carbocycles. The highest BCUT2D eigenvalue weighted by Gasteiger charge is 2.58. The Morgan fingerprint density at radius 2 is 0.921 bits per heavy atom. The van der Waals surface area contributed by atoms with Crippen molar-refractivity contribution >= 4 is 39.7 Å². The van der Waals surface area contributed by atoms with Crippen LogP contribution in [0.4, 0.5) is 34.1 Å². The minimum atomic E-state index is -0.298. The molecular formula is C61H46N2. The van der Waals surface area contributed by atoms with Gasteiger partial charge in [0.15, 0.2) is 0 Å². The molecule has 2 unspecified atom stereocenters. The zero-order chi connectivity index (χ0) is 41.7. The summed E-state index contributed by atoms with van der Waals surface area (Å²) in [4.78, 5) is 4.87. The molecule has 2 atom stereocenters. The van der Waals surface area contributed by atoms with Crippen molar-refractivity contribution in [3.05, 3.63) is 271 Å². The van der Waals surface area contributed by atoms with Crippen molar-refractivity contribution in [3.63, 3.8) is 0 Å². The van der Waals surface area contributed by atoms with E-state index in [0.29, 0.717) is 0 Å². The van der Waals surface area contributed by atoms with Crippen LogP contribution >= 0.6 is 0 Å². The van der Waals surface area contributed by atoms with Crippen molar-refractivity contribution in [2.45, 2.75) is 18.3 Å². The summed E-state index contributed by atoms with van der Waals surface area (Å²) in [5.41, 5.74) is 20.2. The largest absolute Gasteiger partial charge is 0.311 e. The van der Waals surface area contributed by atoms with E-state index in [1.807, 2.05) is 0 Å². The number of para-hydroxylation sites is 3. The molecule has 2 nitrogen and oxygen atoms in total. The van der Waals surface area contributed by atoms with Gasteiger partial charge >= 0.3 is 0 Å². The predicted octanol–water partition coefficient (Wildman–Crippen LogP) is 16.1. The molecule has 0 N–H and O–H groups in total. The van der Waals surface area contributed by atoms with Crippen molar-refractivity contribution in [1.82, 2.24) is 0 Å². The van der Waals surface area contributed by atoms with Gasteiger partial charge in [-0.25, -0.2) is 0 Å². The summed E-state index contributed by atoms with van der Waals surface area (Å²) in [5, 5.41) is 0. The molecule has 0 amide bonds. The molecule has 1 heterocycles. The van der Waals surface area contributed by atoms with Crippen LogP contribution in [0.1, 0.15) is 29.5 Å². The number of anilines is 6. The van der Waals surface area contributed by atoms with Crippen molar-refractivity contribution in [2.75, 3.05) is 9.80 Å². The summed E-state index contributed by atoms with van der Waals surface area (Å²) < 4.78 is 0. The van der Waals surface area contributed by atoms with Crippen molar-refractivity contribution in [3.8, 4) is 22.3 Å². The highest BCUT2D eigenvalue weighted by Crippen LogP contribution is 2.67. The number of fused-ring (bicyclic) bond motifs is 8. The molecule has 1 aliphatic heterocycles. The van der Waals surface area contributed by atoms with Crippen LogP contribution in [-0.4, -0.2) is 0 Å². The van der Waals surface area contributed by atoms with Gasteiger partial charge in [0.05, 0.1) is 16.8 Å². The zero-order valence-electron chi connectivity index (χ0n) is 35.1. The van der Waals surface area contributed by atoms with Crippen LogP contribution in [0.15, 0.2) is 254 Å². The highest BCUT2D eigenvalue weighted by molar-refractivity contribution is 5.91. The van der Waals surface area contributed by atoms with Gasteiger partial charge in [0, 0.05) is 34.6 Å². The summed E-state index contributed by atoms with van der Waals surface area (Å²) in [6, 6.07) is 77.9. The third-order valence-electron chi connectivity index (χ3n) is 13.9. The van der Waals surface area contributed by atoms with Gasteiger partial charge in [-0.1, -0.05) is 188 Å². The van der Waals surface area contributed by atoms with E-state index < -0.39 is 0 Å². The SMILES string of the molecule is C1=CC2C(C(c3ccc(N(c4ccc(-c5ccccc5)cc4)c4ccc(-c5ccccc5)cc4)cc3)=C1)C1=C(CCC=C1)C21c2ccccc2N(c2ccccc2)c2ccccc21. The topological polar surface area (TPSA) is 6.48 Å². The summed E-state index contributed by atoms with van der Waals surface area (Å²) in [7, 11) is 0. The van der Waals surface area contributed by atoms with E-state index >= 15 is 0 Å². The molecule has 12 rings (SSSR count). The number of benzene rings is 8. The molecule has 1 spiro atoms. The number of rotatable bonds is 7. The maximum absolute atomic E-state index is 2.53. The first-order chi connectivity index (χ1) is 31.3. The molecule has 300 valence electrons. The predicted molar refractivity (Wildman–Crippen MR) is 263 cm³/mol. The Morgan fingerprint density at radius 1 is 0.460 bits per heavy atom. The lowest BCUT2D eigenvalue weighted by Gasteiger charge is -2.49. The maximum Gasteiger partial charge on any atom is 0.0530 e. The van der Waals surface area contributed by atoms with E-state index in [1.165, 1.54) is 67.2 Å². The lowest BCUT2D eigenvalue weighted by Crippen LogP contribution is -2.42. The molecular weight excluding hydrogens is 761 g/mol. The maximum atomic E-state index is 2.53. The molecule has 0 saturated heterocycles. The average Bonchev–Trinajstić information content (AvgIpc) is 3.66. The van der Waals surface area contributed by atoms with Gasteiger partial charge in [-0.05, 0) is 124 Å². The van der Waals surface area contributed by atoms with Gasteiger partial charge in [-0.15, -0.1) is 0 Å². The monoisotopic (exact) mass is 806 g/mol. The van der Waals surface area contributed by atoms with Crippen LogP contribution in [0.5, 0.6) is 0 Å². The minimum absolute atomic E-state index is 0.212. The van der Waals surface area contributed by atoms with E-state index in [-0.39, 0.29) is 17.3 Å². The van der Waals surface area contributed by atoms with Crippen molar-refractivity contribution < 1.29 is 0 Å². The third kappa shape index (κ3) is 6.01. The lowest BCUT2D eigenvalue weighted by atomic mass is 9.58. The van der Waals surface area contributed by atoms with Crippen molar-refractivity contribution in [2.24, 2.45) is 11.8 Å². The van der Waals surface area contributed by atoms with Crippen molar-refractivity contribution in [1.29, 1.82) is 0 Å². The lowest BCUT2D eigenvalue weighted by molar-refractivity contribution is 0.421. The first-order valence-corrected chi connectivity index (χ1v) is 22.3. The van der Waals surface area contributed by atoms with E-state index in [0.717, 1.165) is 29.9 Å². The van der Waals surface area contributed by atoms with E-state index in [1.54, 1.807) is 5.57 Å². The molecule has 8 aromatic carbocycles. The smallest absolute Gasteiger partial charge is 0.0530 e. The van der Waals surface area contributed by atoms with Crippen LogP contribution < -0.4 is 9.80 Å². The van der Waals surface area contributed by atoms with Gasteiger partial charge in [0.2, 0.25) is 0 Å². The van der Waals surface area contributed by atoms with Gasteiger partial charge in [0.25, 0.3) is 0 Å². The molecule has 0 bridgehead atoms. The first-order valence-electron chi connectivity index (χ1n) is 22.3. The number of nitrogens with zero attached hydrogens (tertiary/aromatic N) is 2. The molecule has 0 radical (unpaired) electrons. The molecule has 3 aliphatic carbocycles. The summed E-state index contributed by atoms with van der Waals surface area (Å²) in [6.07, 6.45) is 14.3. The van der Waals surface area contributed by atoms with Gasteiger partial charge in [0.1, 0.15) is 0 Å². The number of hydrogen-bond donors (Lipinski definition) is 0. The van der Waals surface area contributed by atoms with E-state index in [9.17, 15) is 0 Å². The Kier molecular flexibility index (Phi) is 9.04. The van der Waals surface area contributed by atoms with Crippen LogP contribution in [0, 0.1) is 11.8 Å². The molecule has 63 heavy (non-hydrogen) atoms. The fraction of sp³-hybridized carbons (Fsp3) is 0.0820. The molecule has 0 fully saturated rings. The Labute approximate surface area is 370 Å². The van der Waals surface area contributed by atoms with Crippen LogP contribution in [0.2, 0.25) is 0 Å². The summed E-state index contributed by atoms with van der Waals surface area (Å²) >= 11 is 0. The fourth-order valence-electron chi connectivity index (χ4n) is 11.3. The standard InChI is InChI=1S/C61H46N2/c1-4-17-43(18-5-1)45-31-37-49(38-32-45)62(50-39-33-46(34-40-50)44-19-6-2-7-20-44)51-41-35-47(36-42-51)52-24-16-28-57-60(52)53-23-10-11-25-54(53)61(57)55-26-12-14-29-58(55)63(48-21-8-3-9-22-48)59-30-15-13-27-56(59)61/h1-10,12-24,26-42,57,60H,11,25H2. The summed E-state index contributed by atoms with van der Waals surface area (Å²) in [6.45, 7) is 0. The normalized spacial score (nSPS) is 17.7. The van der Waals surface area contributed by atoms with Gasteiger partial charge in [-0.3, -0.25) is 0 Å². The van der Waals surface area contributed by atoms with E-state index in [2.05, 4.69) is 253 Å². The number of allylic oxidation sites excluding steroid dienone is 8. The fourth-order valence-corrected chi connectivity index (χ4v) is 11.3. The van der Waals surface area contributed by atoms with Gasteiger partial charge in [-0.2, -0.15) is 0 Å². The molecule has 0 aromatic heterocycles. The number of hydrogen-bond acceptors (Lipinski definition) is 2. The van der Waals surface area contributed by atoms with Gasteiger partial charge < -0.3 is 9.80 Å². The Hall–Kier alpha value is -7.68. The Bertz CT molecular complexity index is 2950. The quantitative estimate of drug-likeness (QED) is 0.158. The Balaban J connectivity index is 0.949. The van der Waals surface area contributed by atoms with Crippen LogP contribution in [0.3, 0.4) is 0 Å². The second kappa shape index (κ2) is 15.3. The average molecular weight is 807 g/mol. The first kappa shape index (κ1) is 37.1. The highest BCUT2D eigenvalue weighted by atomic mass is 15.2. The second-order valence-corrected chi connectivity index (χ2v) is 17.1. The zero-order valence-corrected chi connectivity index (χ0v) is 35.1. The third-order valence-corrected chi connectivity index (χ3v) is 13.9. The van der Waals surface area contributed by atoms with Crippen LogP contribution in [-0.2, 0) is 5.41 Å². The second-order valence-electron chi connectivity index (χ2n) is 17.1. The molecule has 4 aliphatic rings. The minimum Gasteiger partial charge on any atom is -0.311 e. The van der Waals surface area contributed by atoms with Crippen LogP contribution in [0.25, 0.3) is 27.8 Å². The summed E-state index contributed by atoms with van der Waals surface area (Å²) in [5.74, 6) is 0.428. The molecule has 2 heteroatoms. The Morgan fingerprint density at radius 3 is 1.46 bits per heavy atom. The van der Waals surface area contributed by atoms with E-state index in [4.69, 9.17) is 0 Å². The molecule has 8 aromatic rings.